The van der Waals surface area contributed by atoms with Crippen molar-refractivity contribution < 1.29 is 23.8 Å². The van der Waals surface area contributed by atoms with Gasteiger partial charge in [-0.1, -0.05) is 54.6 Å². The van der Waals surface area contributed by atoms with E-state index in [1.807, 2.05) is 78.6 Å². The van der Waals surface area contributed by atoms with Gasteiger partial charge >= 0.3 is 11.9 Å². The molecule has 1 unspecified atom stereocenters. The summed E-state index contributed by atoms with van der Waals surface area (Å²) >= 11 is 0. The first kappa shape index (κ1) is 21.8. The van der Waals surface area contributed by atoms with E-state index in [0.29, 0.717) is 12.1 Å². The molecule has 6 heteroatoms. The minimum absolute atomic E-state index is 0.170. The maximum Gasteiger partial charge on any atom is 0.340 e. The SMILES string of the molecule is COc1ccc2cc([C@H](C)C(=O)OC3C=CC4=C(COC4=O)N3Cc3ccccc3)ccc2c1. The van der Waals surface area contributed by atoms with Crippen LogP contribution in [0.15, 0.2) is 90.2 Å². The van der Waals surface area contributed by atoms with E-state index >= 15 is 0 Å². The van der Waals surface area contributed by atoms with E-state index in [1.54, 1.807) is 19.3 Å². The van der Waals surface area contributed by atoms with Crippen molar-refractivity contribution in [1.82, 2.24) is 4.90 Å². The highest BCUT2D eigenvalue weighted by Crippen LogP contribution is 2.31. The Hall–Kier alpha value is -4.06. The summed E-state index contributed by atoms with van der Waals surface area (Å²) in [5.74, 6) is -0.362. The summed E-state index contributed by atoms with van der Waals surface area (Å²) in [6, 6.07) is 21.6. The minimum Gasteiger partial charge on any atom is -0.497 e. The second-order valence-electron chi connectivity index (χ2n) is 8.43. The number of hydrogen-bond donors (Lipinski definition) is 0. The molecule has 0 spiro atoms. The Morgan fingerprint density at radius 1 is 1.09 bits per heavy atom. The molecule has 0 N–H and O–H groups in total. The van der Waals surface area contributed by atoms with Crippen molar-refractivity contribution in [3.63, 3.8) is 0 Å². The average molecular weight is 456 g/mol. The van der Waals surface area contributed by atoms with Gasteiger partial charge in [-0.05, 0) is 53.1 Å². The Morgan fingerprint density at radius 2 is 1.85 bits per heavy atom. The number of carbonyl (C=O) groups is 2. The highest BCUT2D eigenvalue weighted by atomic mass is 16.6. The van der Waals surface area contributed by atoms with Crippen molar-refractivity contribution >= 4 is 22.7 Å². The molecule has 0 aromatic heterocycles. The van der Waals surface area contributed by atoms with Gasteiger partial charge in [0.1, 0.15) is 12.4 Å². The standard InChI is InChI=1S/C28H25NO5/c1-18(20-8-9-22-15-23(32-2)11-10-21(22)14-20)27(30)34-26-13-12-24-25(17-33-28(24)31)29(26)16-19-6-4-3-5-7-19/h3-15,18,26H,16-17H2,1-2H3/t18-,26?/m0/s1. The normalized spacial score (nSPS) is 18.0. The van der Waals surface area contributed by atoms with Gasteiger partial charge in [0.15, 0.2) is 6.23 Å². The first-order chi connectivity index (χ1) is 16.5. The van der Waals surface area contributed by atoms with Gasteiger partial charge in [0.25, 0.3) is 0 Å². The fraction of sp³-hybridized carbons (Fsp3) is 0.214. The summed E-state index contributed by atoms with van der Waals surface area (Å²) in [5.41, 5.74) is 3.17. The highest BCUT2D eigenvalue weighted by molar-refractivity contribution is 5.95. The van der Waals surface area contributed by atoms with Crippen LogP contribution >= 0.6 is 0 Å². The number of benzene rings is 3. The molecule has 2 aliphatic rings. The molecule has 2 atom stereocenters. The molecule has 0 radical (unpaired) electrons. The molecule has 3 aromatic carbocycles. The molecule has 0 saturated heterocycles. The average Bonchev–Trinajstić information content (AvgIpc) is 3.25. The zero-order valence-corrected chi connectivity index (χ0v) is 19.1. The Morgan fingerprint density at radius 3 is 2.65 bits per heavy atom. The topological polar surface area (TPSA) is 65.1 Å². The number of hydrogen-bond acceptors (Lipinski definition) is 6. The van der Waals surface area contributed by atoms with Gasteiger partial charge in [-0.3, -0.25) is 4.79 Å². The predicted molar refractivity (Wildman–Crippen MR) is 128 cm³/mol. The van der Waals surface area contributed by atoms with Crippen LogP contribution in [-0.2, 0) is 25.6 Å². The summed E-state index contributed by atoms with van der Waals surface area (Å²) in [6.07, 6.45) is 2.80. The van der Waals surface area contributed by atoms with Gasteiger partial charge in [0.05, 0.1) is 24.3 Å². The fourth-order valence-corrected chi connectivity index (χ4v) is 4.31. The van der Waals surface area contributed by atoms with E-state index in [-0.39, 0.29) is 18.5 Å². The van der Waals surface area contributed by atoms with Crippen LogP contribution in [-0.4, -0.2) is 36.8 Å². The molecular formula is C28H25NO5. The van der Waals surface area contributed by atoms with Gasteiger partial charge in [-0.25, -0.2) is 4.79 Å². The number of methoxy groups -OCH3 is 1. The summed E-state index contributed by atoms with van der Waals surface area (Å²) < 4.78 is 16.5. The largest absolute Gasteiger partial charge is 0.497 e. The predicted octanol–water partition coefficient (Wildman–Crippen LogP) is 4.70. The molecule has 3 aromatic rings. The van der Waals surface area contributed by atoms with E-state index in [0.717, 1.165) is 33.3 Å². The van der Waals surface area contributed by atoms with Crippen molar-refractivity contribution in [2.24, 2.45) is 0 Å². The Bertz CT molecular complexity index is 1310. The Balaban J connectivity index is 1.37. The monoisotopic (exact) mass is 455 g/mol. The third-order valence-corrected chi connectivity index (χ3v) is 6.31. The third kappa shape index (κ3) is 4.15. The van der Waals surface area contributed by atoms with Crippen molar-refractivity contribution in [2.45, 2.75) is 25.6 Å². The minimum atomic E-state index is -0.631. The molecule has 0 fully saturated rings. The molecule has 34 heavy (non-hydrogen) atoms. The van der Waals surface area contributed by atoms with E-state index in [4.69, 9.17) is 14.2 Å². The molecule has 0 amide bonds. The zero-order valence-electron chi connectivity index (χ0n) is 19.1. The first-order valence-corrected chi connectivity index (χ1v) is 11.2. The van der Waals surface area contributed by atoms with Crippen LogP contribution in [0.5, 0.6) is 5.75 Å². The maximum absolute atomic E-state index is 13.2. The number of carbonyl (C=O) groups excluding carboxylic acids is 2. The molecule has 172 valence electrons. The van der Waals surface area contributed by atoms with E-state index in [9.17, 15) is 9.59 Å². The number of ether oxygens (including phenoxy) is 3. The lowest BCUT2D eigenvalue weighted by Crippen LogP contribution is -2.39. The van der Waals surface area contributed by atoms with Crippen molar-refractivity contribution in [3.05, 3.63) is 101 Å². The zero-order chi connectivity index (χ0) is 23.7. The molecule has 5 rings (SSSR count). The maximum atomic E-state index is 13.2. The fourth-order valence-electron chi connectivity index (χ4n) is 4.31. The van der Waals surface area contributed by atoms with Crippen LogP contribution in [0.2, 0.25) is 0 Å². The lowest BCUT2D eigenvalue weighted by atomic mass is 9.97. The summed E-state index contributed by atoms with van der Waals surface area (Å²) in [5, 5.41) is 2.07. The van der Waals surface area contributed by atoms with Crippen LogP contribution in [0.4, 0.5) is 0 Å². The van der Waals surface area contributed by atoms with E-state index in [2.05, 4.69) is 0 Å². The molecule has 0 bridgehead atoms. The molecule has 2 aliphatic heterocycles. The van der Waals surface area contributed by atoms with Crippen LogP contribution in [0.3, 0.4) is 0 Å². The van der Waals surface area contributed by atoms with Gasteiger partial charge in [-0.2, -0.15) is 0 Å². The second-order valence-corrected chi connectivity index (χ2v) is 8.43. The van der Waals surface area contributed by atoms with Gasteiger partial charge in [0.2, 0.25) is 0 Å². The molecule has 2 heterocycles. The number of esters is 2. The lowest BCUT2D eigenvalue weighted by molar-refractivity contribution is -0.155. The third-order valence-electron chi connectivity index (χ3n) is 6.31. The number of cyclic esters (lactones) is 1. The molecule has 0 saturated carbocycles. The Labute approximate surface area is 198 Å². The van der Waals surface area contributed by atoms with Crippen LogP contribution in [0, 0.1) is 0 Å². The quantitative estimate of drug-likeness (QED) is 0.502. The van der Waals surface area contributed by atoms with Gasteiger partial charge in [0, 0.05) is 6.54 Å². The summed E-state index contributed by atoms with van der Waals surface area (Å²) in [6.45, 7) is 2.50. The number of fused-ring (bicyclic) bond motifs is 1. The van der Waals surface area contributed by atoms with Crippen LogP contribution < -0.4 is 4.74 Å². The van der Waals surface area contributed by atoms with E-state index in [1.165, 1.54) is 0 Å². The lowest BCUT2D eigenvalue weighted by Gasteiger charge is -2.34. The van der Waals surface area contributed by atoms with Crippen LogP contribution in [0.25, 0.3) is 10.8 Å². The van der Waals surface area contributed by atoms with Crippen molar-refractivity contribution in [2.75, 3.05) is 13.7 Å². The first-order valence-electron chi connectivity index (χ1n) is 11.2. The van der Waals surface area contributed by atoms with E-state index < -0.39 is 12.1 Å². The van der Waals surface area contributed by atoms with Crippen molar-refractivity contribution in [1.29, 1.82) is 0 Å². The number of nitrogens with zero attached hydrogens (tertiary/aromatic N) is 1. The smallest absolute Gasteiger partial charge is 0.340 e. The van der Waals surface area contributed by atoms with Crippen LogP contribution in [0.1, 0.15) is 24.0 Å². The summed E-state index contributed by atoms with van der Waals surface area (Å²) in [4.78, 5) is 27.2. The molecule has 0 aliphatic carbocycles. The summed E-state index contributed by atoms with van der Waals surface area (Å²) in [7, 11) is 1.64. The van der Waals surface area contributed by atoms with Gasteiger partial charge in [-0.15, -0.1) is 0 Å². The second kappa shape index (κ2) is 9.06. The van der Waals surface area contributed by atoms with Gasteiger partial charge < -0.3 is 19.1 Å². The molecular weight excluding hydrogens is 430 g/mol. The Kier molecular flexibility index (Phi) is 5.80. The highest BCUT2D eigenvalue weighted by Gasteiger charge is 2.35. The molecule has 6 nitrogen and oxygen atoms in total. The number of rotatable bonds is 6. The van der Waals surface area contributed by atoms with Crippen molar-refractivity contribution in [3.8, 4) is 5.75 Å².